The molecule has 0 fully saturated rings. The zero-order valence-electron chi connectivity index (χ0n) is 20.4. The Hall–Kier alpha value is -4.40. The van der Waals surface area contributed by atoms with Crippen LogP contribution in [0.1, 0.15) is 24.0 Å². The van der Waals surface area contributed by atoms with E-state index in [1.807, 2.05) is 21.4 Å². The predicted molar refractivity (Wildman–Crippen MR) is 144 cm³/mol. The number of rotatable bonds is 4. The highest BCUT2D eigenvalue weighted by atomic mass is 15.3. The third-order valence-electron chi connectivity index (χ3n) is 7.00. The third kappa shape index (κ3) is 4.59. The Morgan fingerprint density at radius 1 is 0.667 bits per heavy atom. The second-order valence-electron chi connectivity index (χ2n) is 9.18. The molecule has 0 saturated heterocycles. The summed E-state index contributed by atoms with van der Waals surface area (Å²) in [6, 6.07) is 16.8. The Kier molecular flexibility index (Phi) is 6.28. The molecule has 9 heteroatoms. The zero-order valence-corrected chi connectivity index (χ0v) is 20.4. The van der Waals surface area contributed by atoms with Crippen molar-refractivity contribution in [2.24, 2.45) is 18.5 Å². The van der Waals surface area contributed by atoms with Gasteiger partial charge in [-0.25, -0.2) is 0 Å². The van der Waals surface area contributed by atoms with Crippen molar-refractivity contribution < 1.29 is 0 Å². The molecule has 9 nitrogen and oxygen atoms in total. The summed E-state index contributed by atoms with van der Waals surface area (Å²) in [5, 5.41) is 24.1. The Morgan fingerprint density at radius 3 is 1.33 bits per heavy atom. The van der Waals surface area contributed by atoms with Crippen LogP contribution >= 0.6 is 0 Å². The first-order valence-electron chi connectivity index (χ1n) is 12.1. The van der Waals surface area contributed by atoms with Crippen molar-refractivity contribution in [1.82, 2.24) is 24.6 Å². The van der Waals surface area contributed by atoms with Crippen LogP contribution in [0.2, 0.25) is 0 Å². The maximum Gasteiger partial charge on any atom is 0.188 e. The summed E-state index contributed by atoms with van der Waals surface area (Å²) in [5.74, 6) is 1.89. The van der Waals surface area contributed by atoms with Crippen LogP contribution in [0.15, 0.2) is 60.7 Å². The van der Waals surface area contributed by atoms with Crippen LogP contribution in [0, 0.1) is 10.8 Å². The van der Waals surface area contributed by atoms with E-state index in [4.69, 9.17) is 22.3 Å². The van der Waals surface area contributed by atoms with Crippen molar-refractivity contribution in [3.63, 3.8) is 0 Å². The standard InChI is InChI=1S/C27H31N9/c1-34-24(22-6-2-18(3-7-22)20-10-14-35(15-11-20)26(28)29)32-33-25(34)23-8-4-19(5-9-23)21-12-16-36(17-13-21)27(30)31/h2-10,12H,11,13-17H2,1H3,(H3,28,29)(H3,30,31). The molecule has 2 aliphatic rings. The van der Waals surface area contributed by atoms with Crippen molar-refractivity contribution in [2.75, 3.05) is 26.2 Å². The molecule has 0 amide bonds. The summed E-state index contributed by atoms with van der Waals surface area (Å²) in [5.41, 5.74) is 18.2. The van der Waals surface area contributed by atoms with Gasteiger partial charge >= 0.3 is 0 Å². The Balaban J connectivity index is 1.31. The number of nitrogens with zero attached hydrogens (tertiary/aromatic N) is 5. The molecule has 184 valence electrons. The van der Waals surface area contributed by atoms with Gasteiger partial charge in [0, 0.05) is 44.4 Å². The van der Waals surface area contributed by atoms with Crippen LogP contribution < -0.4 is 11.5 Å². The maximum absolute atomic E-state index is 7.59. The fourth-order valence-corrected chi connectivity index (χ4v) is 4.80. The summed E-state index contributed by atoms with van der Waals surface area (Å²) in [6.45, 7) is 2.88. The predicted octanol–water partition coefficient (Wildman–Crippen LogP) is 3.11. The summed E-state index contributed by atoms with van der Waals surface area (Å²) in [7, 11) is 1.99. The van der Waals surface area contributed by atoms with E-state index in [9.17, 15) is 0 Å². The molecule has 5 rings (SSSR count). The van der Waals surface area contributed by atoms with Gasteiger partial charge in [0.05, 0.1) is 0 Å². The molecule has 1 aromatic heterocycles. The van der Waals surface area contributed by atoms with Gasteiger partial charge < -0.3 is 25.8 Å². The van der Waals surface area contributed by atoms with E-state index in [-0.39, 0.29) is 11.9 Å². The Morgan fingerprint density at radius 2 is 1.03 bits per heavy atom. The van der Waals surface area contributed by atoms with Gasteiger partial charge in [-0.1, -0.05) is 60.7 Å². The molecule has 2 aromatic carbocycles. The minimum Gasteiger partial charge on any atom is -0.370 e. The lowest BCUT2D eigenvalue weighted by Crippen LogP contribution is -2.39. The molecule has 3 aromatic rings. The van der Waals surface area contributed by atoms with Gasteiger partial charge in [-0.05, 0) is 35.1 Å². The number of nitrogens with one attached hydrogen (secondary N) is 2. The molecule has 3 heterocycles. The minimum atomic E-state index is 0.125. The minimum absolute atomic E-state index is 0.125. The van der Waals surface area contributed by atoms with Gasteiger partial charge in [0.1, 0.15) is 0 Å². The Labute approximate surface area is 210 Å². The topological polar surface area (TPSA) is 137 Å². The fourth-order valence-electron chi connectivity index (χ4n) is 4.80. The largest absolute Gasteiger partial charge is 0.370 e. The van der Waals surface area contributed by atoms with Crippen LogP contribution in [0.5, 0.6) is 0 Å². The lowest BCUT2D eigenvalue weighted by Gasteiger charge is -2.26. The molecule has 0 atom stereocenters. The highest BCUT2D eigenvalue weighted by Crippen LogP contribution is 2.29. The van der Waals surface area contributed by atoms with E-state index in [0.29, 0.717) is 13.1 Å². The molecule has 0 bridgehead atoms. The number of hydrogen-bond donors (Lipinski definition) is 4. The maximum atomic E-state index is 7.59. The van der Waals surface area contributed by atoms with Gasteiger partial charge in [0.25, 0.3) is 0 Å². The number of benzene rings is 2. The van der Waals surface area contributed by atoms with E-state index in [2.05, 4.69) is 70.9 Å². The van der Waals surface area contributed by atoms with Crippen LogP contribution in [0.4, 0.5) is 0 Å². The average molecular weight is 482 g/mol. The molecule has 0 saturated carbocycles. The lowest BCUT2D eigenvalue weighted by molar-refractivity contribution is 0.451. The normalized spacial score (nSPS) is 15.9. The second-order valence-corrected chi connectivity index (χ2v) is 9.18. The smallest absolute Gasteiger partial charge is 0.188 e. The SMILES string of the molecule is Cn1c(-c2ccc(C3=CCN(C(=N)N)CC3)cc2)nnc1-c1ccc(C2=CCN(C(=N)N)CC2)cc1. The van der Waals surface area contributed by atoms with Crippen molar-refractivity contribution in [3.8, 4) is 22.8 Å². The first-order chi connectivity index (χ1) is 17.4. The molecular weight excluding hydrogens is 450 g/mol. The second kappa shape index (κ2) is 9.69. The van der Waals surface area contributed by atoms with Crippen molar-refractivity contribution in [2.45, 2.75) is 12.8 Å². The van der Waals surface area contributed by atoms with Gasteiger partial charge in [0.2, 0.25) is 0 Å². The average Bonchev–Trinajstić information content (AvgIpc) is 3.30. The lowest BCUT2D eigenvalue weighted by atomic mass is 9.98. The number of hydrogen-bond acceptors (Lipinski definition) is 4. The summed E-state index contributed by atoms with van der Waals surface area (Å²) in [4.78, 5) is 3.72. The number of guanidine groups is 2. The monoisotopic (exact) mass is 481 g/mol. The van der Waals surface area contributed by atoms with Gasteiger partial charge in [-0.15, -0.1) is 10.2 Å². The zero-order chi connectivity index (χ0) is 25.2. The van der Waals surface area contributed by atoms with Gasteiger partial charge in [-0.3, -0.25) is 10.8 Å². The van der Waals surface area contributed by atoms with Crippen molar-refractivity contribution in [3.05, 3.63) is 71.8 Å². The highest BCUT2D eigenvalue weighted by Gasteiger charge is 2.17. The summed E-state index contributed by atoms with van der Waals surface area (Å²) < 4.78 is 2.03. The first-order valence-corrected chi connectivity index (χ1v) is 12.1. The molecular formula is C27H31N9. The van der Waals surface area contributed by atoms with E-state index in [0.717, 1.165) is 48.7 Å². The molecule has 0 unspecified atom stereocenters. The highest BCUT2D eigenvalue weighted by molar-refractivity contribution is 5.78. The summed E-state index contributed by atoms with van der Waals surface area (Å²) in [6.07, 6.45) is 6.03. The van der Waals surface area contributed by atoms with Crippen LogP contribution in [0.25, 0.3) is 33.9 Å². The van der Waals surface area contributed by atoms with Crippen molar-refractivity contribution in [1.29, 1.82) is 10.8 Å². The van der Waals surface area contributed by atoms with E-state index < -0.39 is 0 Å². The molecule has 2 aliphatic heterocycles. The number of nitrogens with two attached hydrogens (primary N) is 2. The van der Waals surface area contributed by atoms with Crippen LogP contribution in [0.3, 0.4) is 0 Å². The number of aromatic nitrogens is 3. The van der Waals surface area contributed by atoms with Crippen LogP contribution in [-0.2, 0) is 7.05 Å². The fraction of sp³-hybridized carbons (Fsp3) is 0.259. The summed E-state index contributed by atoms with van der Waals surface area (Å²) >= 11 is 0. The van der Waals surface area contributed by atoms with Crippen LogP contribution in [-0.4, -0.2) is 62.7 Å². The molecule has 0 aliphatic carbocycles. The van der Waals surface area contributed by atoms with Gasteiger partial charge in [-0.2, -0.15) is 0 Å². The van der Waals surface area contributed by atoms with Crippen molar-refractivity contribution >= 4 is 23.1 Å². The molecule has 36 heavy (non-hydrogen) atoms. The van der Waals surface area contributed by atoms with E-state index >= 15 is 0 Å². The Bertz CT molecular complexity index is 1240. The molecule has 6 N–H and O–H groups in total. The first kappa shape index (κ1) is 23.3. The quantitative estimate of drug-likeness (QED) is 0.334. The molecule has 0 spiro atoms. The van der Waals surface area contributed by atoms with E-state index in [1.54, 1.807) is 0 Å². The molecule has 0 radical (unpaired) electrons. The third-order valence-corrected chi connectivity index (χ3v) is 7.00. The van der Waals surface area contributed by atoms with Gasteiger partial charge in [0.15, 0.2) is 23.6 Å². The van der Waals surface area contributed by atoms with E-state index in [1.165, 1.54) is 22.3 Å².